The third-order valence-electron chi connectivity index (χ3n) is 2.67. The minimum atomic E-state index is 0.339. The number of morpholine rings is 1. The summed E-state index contributed by atoms with van der Waals surface area (Å²) in [7, 11) is 0. The van der Waals surface area contributed by atoms with E-state index in [1.807, 2.05) is 12.1 Å². The zero-order chi connectivity index (χ0) is 10.7. The monoisotopic (exact) mass is 225 g/mol. The summed E-state index contributed by atoms with van der Waals surface area (Å²) in [5.41, 5.74) is 1.30. The van der Waals surface area contributed by atoms with Crippen molar-refractivity contribution in [1.29, 1.82) is 0 Å². The Morgan fingerprint density at radius 1 is 1.40 bits per heavy atom. The maximum atomic E-state index is 5.83. The lowest BCUT2D eigenvalue weighted by atomic mass is 10.1. The van der Waals surface area contributed by atoms with Crippen molar-refractivity contribution in [3.05, 3.63) is 34.9 Å². The Labute approximate surface area is 95.6 Å². The summed E-state index contributed by atoms with van der Waals surface area (Å²) in [5.74, 6) is 0. The second kappa shape index (κ2) is 4.97. The van der Waals surface area contributed by atoms with Crippen LogP contribution in [0.4, 0.5) is 0 Å². The van der Waals surface area contributed by atoms with Gasteiger partial charge in [-0.2, -0.15) is 0 Å². The number of hydrogen-bond acceptors (Lipinski definition) is 2. The van der Waals surface area contributed by atoms with Crippen LogP contribution < -0.4 is 5.32 Å². The van der Waals surface area contributed by atoms with Gasteiger partial charge in [0.1, 0.15) is 0 Å². The lowest BCUT2D eigenvalue weighted by Crippen LogP contribution is -2.46. The lowest BCUT2D eigenvalue weighted by molar-refractivity contribution is 0.0155. The number of nitrogens with one attached hydrogen (secondary N) is 1. The van der Waals surface area contributed by atoms with Gasteiger partial charge in [0.15, 0.2) is 0 Å². The zero-order valence-electron chi connectivity index (χ0n) is 8.87. The molecule has 0 bridgehead atoms. The highest BCUT2D eigenvalue weighted by molar-refractivity contribution is 6.30. The van der Waals surface area contributed by atoms with E-state index >= 15 is 0 Å². The SMILES string of the molecule is C[C@@H]1CN[C@@H](Cc2ccc(Cl)cc2)CO1. The van der Waals surface area contributed by atoms with Gasteiger partial charge >= 0.3 is 0 Å². The van der Waals surface area contributed by atoms with Crippen molar-refractivity contribution in [2.24, 2.45) is 0 Å². The lowest BCUT2D eigenvalue weighted by Gasteiger charge is -2.28. The van der Waals surface area contributed by atoms with Crippen molar-refractivity contribution in [2.75, 3.05) is 13.2 Å². The molecule has 0 saturated carbocycles. The Kier molecular flexibility index (Phi) is 3.62. The smallest absolute Gasteiger partial charge is 0.0672 e. The molecule has 82 valence electrons. The van der Waals surface area contributed by atoms with Gasteiger partial charge in [-0.25, -0.2) is 0 Å². The first kappa shape index (κ1) is 10.9. The van der Waals surface area contributed by atoms with Crippen LogP contribution in [0.5, 0.6) is 0 Å². The molecule has 3 heteroatoms. The highest BCUT2D eigenvalue weighted by atomic mass is 35.5. The molecule has 15 heavy (non-hydrogen) atoms. The summed E-state index contributed by atoms with van der Waals surface area (Å²) >= 11 is 5.83. The largest absolute Gasteiger partial charge is 0.376 e. The molecule has 1 N–H and O–H groups in total. The van der Waals surface area contributed by atoms with E-state index in [2.05, 4.69) is 24.4 Å². The van der Waals surface area contributed by atoms with Gasteiger partial charge in [-0.05, 0) is 31.0 Å². The van der Waals surface area contributed by atoms with Gasteiger partial charge in [0.2, 0.25) is 0 Å². The molecule has 1 saturated heterocycles. The molecule has 1 aliphatic rings. The molecule has 0 spiro atoms. The Morgan fingerprint density at radius 3 is 2.73 bits per heavy atom. The van der Waals surface area contributed by atoms with E-state index in [9.17, 15) is 0 Å². The summed E-state index contributed by atoms with van der Waals surface area (Å²) in [6.07, 6.45) is 1.34. The molecule has 1 heterocycles. The molecule has 2 rings (SSSR count). The van der Waals surface area contributed by atoms with Crippen molar-refractivity contribution >= 4 is 11.6 Å². The maximum Gasteiger partial charge on any atom is 0.0672 e. The number of rotatable bonds is 2. The van der Waals surface area contributed by atoms with E-state index in [1.165, 1.54) is 5.56 Å². The second-order valence-electron chi connectivity index (χ2n) is 4.08. The first-order valence-electron chi connectivity index (χ1n) is 5.33. The van der Waals surface area contributed by atoms with Crippen LogP contribution in [0.15, 0.2) is 24.3 Å². The molecule has 1 fully saturated rings. The van der Waals surface area contributed by atoms with Gasteiger partial charge in [-0.1, -0.05) is 23.7 Å². The van der Waals surface area contributed by atoms with Crippen LogP contribution in [0, 0.1) is 0 Å². The predicted molar refractivity (Wildman–Crippen MR) is 62.4 cm³/mol. The fourth-order valence-electron chi connectivity index (χ4n) is 1.77. The van der Waals surface area contributed by atoms with Gasteiger partial charge < -0.3 is 10.1 Å². The van der Waals surface area contributed by atoms with E-state index in [0.717, 1.165) is 24.6 Å². The normalized spacial score (nSPS) is 26.5. The van der Waals surface area contributed by atoms with Gasteiger partial charge in [-0.15, -0.1) is 0 Å². The summed E-state index contributed by atoms with van der Waals surface area (Å²) in [4.78, 5) is 0. The van der Waals surface area contributed by atoms with Crippen molar-refractivity contribution in [2.45, 2.75) is 25.5 Å². The molecule has 2 nitrogen and oxygen atoms in total. The summed E-state index contributed by atoms with van der Waals surface area (Å²) in [5, 5.41) is 4.27. The van der Waals surface area contributed by atoms with Crippen LogP contribution in [0.1, 0.15) is 12.5 Å². The molecular weight excluding hydrogens is 210 g/mol. The van der Waals surface area contributed by atoms with E-state index < -0.39 is 0 Å². The Balaban J connectivity index is 1.89. The molecule has 0 amide bonds. The Hall–Kier alpha value is -0.570. The highest BCUT2D eigenvalue weighted by Crippen LogP contribution is 2.12. The van der Waals surface area contributed by atoms with Crippen molar-refractivity contribution in [1.82, 2.24) is 5.32 Å². The quantitative estimate of drug-likeness (QED) is 0.834. The molecule has 0 aliphatic carbocycles. The number of ether oxygens (including phenoxy) is 1. The van der Waals surface area contributed by atoms with Gasteiger partial charge in [0.05, 0.1) is 12.7 Å². The first-order chi connectivity index (χ1) is 7.24. The zero-order valence-corrected chi connectivity index (χ0v) is 9.63. The minimum absolute atomic E-state index is 0.339. The van der Waals surface area contributed by atoms with E-state index in [4.69, 9.17) is 16.3 Å². The molecular formula is C12H16ClNO. The highest BCUT2D eigenvalue weighted by Gasteiger charge is 2.17. The van der Waals surface area contributed by atoms with Crippen LogP contribution in [0.25, 0.3) is 0 Å². The van der Waals surface area contributed by atoms with Gasteiger partial charge in [0.25, 0.3) is 0 Å². The summed E-state index contributed by atoms with van der Waals surface area (Å²) in [6.45, 7) is 3.83. The van der Waals surface area contributed by atoms with Crippen molar-refractivity contribution in [3.63, 3.8) is 0 Å². The summed E-state index contributed by atoms with van der Waals surface area (Å²) < 4.78 is 5.60. The third-order valence-corrected chi connectivity index (χ3v) is 2.92. The molecule has 0 radical (unpaired) electrons. The predicted octanol–water partition coefficient (Wildman–Crippen LogP) is 2.26. The average molecular weight is 226 g/mol. The van der Waals surface area contributed by atoms with Gasteiger partial charge in [-0.3, -0.25) is 0 Å². The van der Waals surface area contributed by atoms with E-state index in [1.54, 1.807) is 0 Å². The standard InChI is InChI=1S/C12H16ClNO/c1-9-7-14-12(8-15-9)6-10-2-4-11(13)5-3-10/h2-5,9,12,14H,6-8H2,1H3/t9-,12+/m1/s1. The topological polar surface area (TPSA) is 21.3 Å². The van der Waals surface area contributed by atoms with E-state index in [0.29, 0.717) is 12.1 Å². The molecule has 1 aromatic rings. The van der Waals surface area contributed by atoms with E-state index in [-0.39, 0.29) is 0 Å². The fraction of sp³-hybridized carbons (Fsp3) is 0.500. The fourth-order valence-corrected chi connectivity index (χ4v) is 1.89. The maximum absolute atomic E-state index is 5.83. The first-order valence-corrected chi connectivity index (χ1v) is 5.71. The molecule has 1 aromatic carbocycles. The van der Waals surface area contributed by atoms with Gasteiger partial charge in [0, 0.05) is 17.6 Å². The molecule has 0 aromatic heterocycles. The van der Waals surface area contributed by atoms with Crippen LogP contribution in [0.2, 0.25) is 5.02 Å². The van der Waals surface area contributed by atoms with Crippen molar-refractivity contribution in [3.8, 4) is 0 Å². The Bertz CT molecular complexity index is 304. The molecule has 1 aliphatic heterocycles. The van der Waals surface area contributed by atoms with Crippen LogP contribution >= 0.6 is 11.6 Å². The number of benzene rings is 1. The second-order valence-corrected chi connectivity index (χ2v) is 4.52. The third kappa shape index (κ3) is 3.20. The Morgan fingerprint density at radius 2 is 2.13 bits per heavy atom. The number of halogens is 1. The van der Waals surface area contributed by atoms with Crippen LogP contribution in [-0.4, -0.2) is 25.3 Å². The average Bonchev–Trinajstić information content (AvgIpc) is 2.25. The summed E-state index contributed by atoms with van der Waals surface area (Å²) in [6, 6.07) is 8.44. The molecule has 2 atom stereocenters. The molecule has 0 unspecified atom stereocenters. The number of hydrogen-bond donors (Lipinski definition) is 1. The minimum Gasteiger partial charge on any atom is -0.376 e. The van der Waals surface area contributed by atoms with Crippen LogP contribution in [-0.2, 0) is 11.2 Å². The van der Waals surface area contributed by atoms with Crippen molar-refractivity contribution < 1.29 is 4.74 Å². The van der Waals surface area contributed by atoms with Crippen LogP contribution in [0.3, 0.4) is 0 Å².